The highest BCUT2D eigenvalue weighted by Gasteiger charge is 2.15. The van der Waals surface area contributed by atoms with Crippen molar-refractivity contribution in [2.45, 2.75) is 6.54 Å². The molecule has 0 atom stereocenters. The van der Waals surface area contributed by atoms with E-state index in [1.165, 1.54) is 10.6 Å². The Labute approximate surface area is 179 Å². The second-order valence-electron chi connectivity index (χ2n) is 6.99. The summed E-state index contributed by atoms with van der Waals surface area (Å²) in [6.07, 6.45) is 3.01. The van der Waals surface area contributed by atoms with Crippen molar-refractivity contribution in [3.8, 4) is 0 Å². The van der Waals surface area contributed by atoms with Gasteiger partial charge in [-0.25, -0.2) is 10.4 Å². The lowest BCUT2D eigenvalue weighted by molar-refractivity contribution is 0.0955. The molecule has 0 spiro atoms. The van der Waals surface area contributed by atoms with Crippen molar-refractivity contribution >= 4 is 23.6 Å². The molecule has 0 saturated carbocycles. The maximum Gasteiger partial charge on any atom is 0.271 e. The van der Waals surface area contributed by atoms with Gasteiger partial charge in [0.05, 0.1) is 6.21 Å². The Morgan fingerprint density at radius 1 is 1.03 bits per heavy atom. The summed E-state index contributed by atoms with van der Waals surface area (Å²) in [4.78, 5) is 32.0. The summed E-state index contributed by atoms with van der Waals surface area (Å²) in [5, 5.41) is 4.03. The normalized spacial score (nSPS) is 11.0. The molecule has 2 aromatic heterocycles. The average molecular weight is 411 g/mol. The van der Waals surface area contributed by atoms with Crippen LogP contribution in [0.2, 0.25) is 0 Å². The largest absolute Gasteiger partial charge is 0.355 e. The molecule has 0 aliphatic rings. The minimum absolute atomic E-state index is 0.266. The SMILES string of the molecule is CN(Cc1ccccc1)c1nc2ccccn2c(=O)c1C=NNC(=O)c1ccccc1. The second-order valence-corrected chi connectivity index (χ2v) is 6.99. The van der Waals surface area contributed by atoms with Crippen LogP contribution in [-0.2, 0) is 6.54 Å². The van der Waals surface area contributed by atoms with Crippen LogP contribution < -0.4 is 15.9 Å². The lowest BCUT2D eigenvalue weighted by atomic mass is 10.2. The van der Waals surface area contributed by atoms with Gasteiger partial charge < -0.3 is 4.90 Å². The number of pyridine rings is 1. The van der Waals surface area contributed by atoms with Gasteiger partial charge in [-0.2, -0.15) is 5.10 Å². The van der Waals surface area contributed by atoms with Gasteiger partial charge in [-0.3, -0.25) is 14.0 Å². The average Bonchev–Trinajstić information content (AvgIpc) is 2.81. The number of carbonyl (C=O) groups is 1. The van der Waals surface area contributed by atoms with Crippen molar-refractivity contribution in [1.82, 2.24) is 14.8 Å². The summed E-state index contributed by atoms with van der Waals surface area (Å²) >= 11 is 0. The van der Waals surface area contributed by atoms with E-state index in [1.807, 2.05) is 54.4 Å². The number of nitrogens with one attached hydrogen (secondary N) is 1. The number of nitrogens with zero attached hydrogens (tertiary/aromatic N) is 4. The first-order chi connectivity index (χ1) is 15.1. The molecule has 7 heteroatoms. The van der Waals surface area contributed by atoms with Crippen molar-refractivity contribution < 1.29 is 4.79 Å². The molecule has 154 valence electrons. The third-order valence-corrected chi connectivity index (χ3v) is 4.77. The van der Waals surface area contributed by atoms with Gasteiger partial charge in [0.15, 0.2) is 0 Å². The predicted molar refractivity (Wildman–Crippen MR) is 122 cm³/mol. The van der Waals surface area contributed by atoms with Gasteiger partial charge in [0, 0.05) is 25.4 Å². The zero-order chi connectivity index (χ0) is 21.6. The van der Waals surface area contributed by atoms with Crippen LogP contribution in [-0.4, -0.2) is 28.6 Å². The molecule has 0 saturated heterocycles. The number of anilines is 1. The van der Waals surface area contributed by atoms with Crippen molar-refractivity contribution in [1.29, 1.82) is 0 Å². The summed E-state index contributed by atoms with van der Waals surface area (Å²) in [7, 11) is 1.87. The van der Waals surface area contributed by atoms with Crippen molar-refractivity contribution in [3.63, 3.8) is 0 Å². The third-order valence-electron chi connectivity index (χ3n) is 4.77. The minimum Gasteiger partial charge on any atom is -0.355 e. The lowest BCUT2D eigenvalue weighted by Gasteiger charge is -2.20. The minimum atomic E-state index is -0.357. The monoisotopic (exact) mass is 411 g/mol. The molecular weight excluding hydrogens is 390 g/mol. The molecule has 1 N–H and O–H groups in total. The fraction of sp³-hybridized carbons (Fsp3) is 0.0833. The molecule has 0 aliphatic carbocycles. The van der Waals surface area contributed by atoms with Crippen LogP contribution in [0.3, 0.4) is 0 Å². The molecule has 4 rings (SSSR count). The van der Waals surface area contributed by atoms with Crippen LogP contribution in [0.15, 0.2) is 95.0 Å². The molecule has 0 fully saturated rings. The van der Waals surface area contributed by atoms with E-state index in [1.54, 1.807) is 42.6 Å². The van der Waals surface area contributed by atoms with Crippen LogP contribution >= 0.6 is 0 Å². The fourth-order valence-corrected chi connectivity index (χ4v) is 3.24. The van der Waals surface area contributed by atoms with E-state index < -0.39 is 0 Å². The molecule has 1 amide bonds. The molecule has 0 aliphatic heterocycles. The third kappa shape index (κ3) is 4.51. The molecule has 31 heavy (non-hydrogen) atoms. The molecular formula is C24H21N5O2. The van der Waals surface area contributed by atoms with E-state index in [0.29, 0.717) is 23.6 Å². The Morgan fingerprint density at radius 3 is 2.45 bits per heavy atom. The number of fused-ring (bicyclic) bond motifs is 1. The maximum absolute atomic E-state index is 13.1. The Kier molecular flexibility index (Phi) is 5.84. The van der Waals surface area contributed by atoms with Gasteiger partial charge in [0.1, 0.15) is 17.0 Å². The zero-order valence-electron chi connectivity index (χ0n) is 17.0. The summed E-state index contributed by atoms with van der Waals surface area (Å²) in [5.41, 5.74) is 4.60. The Balaban J connectivity index is 1.68. The number of benzene rings is 2. The molecule has 2 aromatic carbocycles. The Bertz CT molecular complexity index is 1280. The smallest absolute Gasteiger partial charge is 0.271 e. The van der Waals surface area contributed by atoms with E-state index in [0.717, 1.165) is 5.56 Å². The number of carbonyl (C=O) groups excluding carboxylic acids is 1. The van der Waals surface area contributed by atoms with E-state index in [-0.39, 0.29) is 17.0 Å². The van der Waals surface area contributed by atoms with Gasteiger partial charge in [0.2, 0.25) is 0 Å². The summed E-state index contributed by atoms with van der Waals surface area (Å²) in [5.74, 6) is 0.127. The quantitative estimate of drug-likeness (QED) is 0.391. The standard InChI is InChI=1S/C24H21N5O2/c1-28(17-18-10-4-2-5-11-18)22-20(24(31)29-15-9-8-14-21(29)26-22)16-25-27-23(30)19-12-6-3-7-13-19/h2-16H,17H2,1H3,(H,27,30). The number of hydrazone groups is 1. The van der Waals surface area contributed by atoms with Crippen molar-refractivity contribution in [2.75, 3.05) is 11.9 Å². The van der Waals surface area contributed by atoms with E-state index in [4.69, 9.17) is 0 Å². The Morgan fingerprint density at radius 2 is 1.71 bits per heavy atom. The highest BCUT2D eigenvalue weighted by atomic mass is 16.2. The highest BCUT2D eigenvalue weighted by Crippen LogP contribution is 2.16. The lowest BCUT2D eigenvalue weighted by Crippen LogP contribution is -2.28. The molecule has 0 radical (unpaired) electrons. The van der Waals surface area contributed by atoms with Crippen LogP contribution in [0.4, 0.5) is 5.82 Å². The van der Waals surface area contributed by atoms with Gasteiger partial charge >= 0.3 is 0 Å². The van der Waals surface area contributed by atoms with E-state index in [9.17, 15) is 9.59 Å². The fourth-order valence-electron chi connectivity index (χ4n) is 3.24. The summed E-state index contributed by atoms with van der Waals surface area (Å²) < 4.78 is 1.46. The molecule has 7 nitrogen and oxygen atoms in total. The number of rotatable bonds is 6. The maximum atomic E-state index is 13.1. The van der Waals surface area contributed by atoms with Gasteiger partial charge in [-0.05, 0) is 29.8 Å². The molecule has 4 aromatic rings. The predicted octanol–water partition coefficient (Wildman–Crippen LogP) is 3.09. The van der Waals surface area contributed by atoms with Crippen LogP contribution in [0, 0.1) is 0 Å². The summed E-state index contributed by atoms with van der Waals surface area (Å²) in [6, 6.07) is 24.0. The second kappa shape index (κ2) is 9.04. The number of aromatic nitrogens is 2. The molecule has 2 heterocycles. The van der Waals surface area contributed by atoms with Gasteiger partial charge in [-0.1, -0.05) is 54.6 Å². The van der Waals surface area contributed by atoms with Gasteiger partial charge in [-0.15, -0.1) is 0 Å². The van der Waals surface area contributed by atoms with E-state index in [2.05, 4.69) is 15.5 Å². The highest BCUT2D eigenvalue weighted by molar-refractivity contribution is 5.95. The Hall–Kier alpha value is -4.26. The number of hydrogen-bond acceptors (Lipinski definition) is 5. The molecule has 0 unspecified atom stereocenters. The van der Waals surface area contributed by atoms with Crippen LogP contribution in [0.5, 0.6) is 0 Å². The van der Waals surface area contributed by atoms with Crippen molar-refractivity contribution in [2.24, 2.45) is 5.10 Å². The van der Waals surface area contributed by atoms with Gasteiger partial charge in [0.25, 0.3) is 11.5 Å². The number of amides is 1. The van der Waals surface area contributed by atoms with Crippen LogP contribution in [0.1, 0.15) is 21.5 Å². The van der Waals surface area contributed by atoms with Crippen LogP contribution in [0.25, 0.3) is 5.65 Å². The topological polar surface area (TPSA) is 79.1 Å². The first-order valence-electron chi connectivity index (χ1n) is 9.78. The first-order valence-corrected chi connectivity index (χ1v) is 9.78. The molecule has 0 bridgehead atoms. The van der Waals surface area contributed by atoms with Crippen molar-refractivity contribution in [3.05, 3.63) is 112 Å². The summed E-state index contributed by atoms with van der Waals surface area (Å²) in [6.45, 7) is 0.563. The van der Waals surface area contributed by atoms with E-state index >= 15 is 0 Å². The first kappa shape index (κ1) is 20.0. The number of hydrogen-bond donors (Lipinski definition) is 1. The zero-order valence-corrected chi connectivity index (χ0v) is 17.0.